The molecule has 15 heteroatoms. The molecule has 0 saturated carbocycles. The molecular weight excluding hydrogens is 554 g/mol. The van der Waals surface area contributed by atoms with Crippen LogP contribution in [0.4, 0.5) is 23.5 Å². The number of hydrogen-bond acceptors (Lipinski definition) is 14. The number of benzene rings is 2. The molecule has 6 rings (SSSR count). The number of piperidine rings is 2. The third-order valence-corrected chi connectivity index (χ3v) is 7.60. The van der Waals surface area contributed by atoms with Gasteiger partial charge in [0.1, 0.15) is 5.75 Å². The Labute approximate surface area is 248 Å². The van der Waals surface area contributed by atoms with Crippen molar-refractivity contribution in [1.82, 2.24) is 20.3 Å². The summed E-state index contributed by atoms with van der Waals surface area (Å²) >= 11 is 0. The molecule has 0 spiro atoms. The topological polar surface area (TPSA) is 229 Å². The quantitative estimate of drug-likeness (QED) is 0.187. The lowest BCUT2D eigenvalue weighted by Crippen LogP contribution is -2.54. The van der Waals surface area contributed by atoms with E-state index in [9.17, 15) is 9.90 Å². The smallest absolute Gasteiger partial charge is 0.255 e. The van der Waals surface area contributed by atoms with Gasteiger partial charge in [0, 0.05) is 68.6 Å². The van der Waals surface area contributed by atoms with Crippen molar-refractivity contribution in [3.05, 3.63) is 47.5 Å². The molecule has 2 aromatic carbocycles. The average molecular weight is 592 g/mol. The number of nitrogens with one attached hydrogen (secondary N) is 2. The minimum atomic E-state index is -0.429. The van der Waals surface area contributed by atoms with E-state index in [1.54, 1.807) is 12.1 Å². The second-order valence-corrected chi connectivity index (χ2v) is 11.3. The second-order valence-electron chi connectivity index (χ2n) is 11.3. The van der Waals surface area contributed by atoms with Crippen LogP contribution in [0.25, 0.3) is 0 Å². The molecule has 3 aromatic rings. The number of nitrogens with zero attached hydrogens (tertiary/aromatic N) is 5. The Bertz CT molecular complexity index is 1430. The van der Waals surface area contributed by atoms with Crippen molar-refractivity contribution in [2.24, 2.45) is 22.9 Å². The van der Waals surface area contributed by atoms with Gasteiger partial charge in [-0.2, -0.15) is 15.0 Å². The first-order valence-electron chi connectivity index (χ1n) is 14.2. The first-order valence-corrected chi connectivity index (χ1v) is 14.2. The zero-order chi connectivity index (χ0) is 30.1. The lowest BCUT2D eigenvalue weighted by atomic mass is 10.0. The van der Waals surface area contributed by atoms with Gasteiger partial charge >= 0.3 is 0 Å². The maximum absolute atomic E-state index is 12.9. The van der Waals surface area contributed by atoms with Crippen LogP contribution in [-0.4, -0.2) is 83.1 Å². The molecule has 43 heavy (non-hydrogen) atoms. The summed E-state index contributed by atoms with van der Waals surface area (Å²) in [6.45, 7) is 2.62. The van der Waals surface area contributed by atoms with Crippen molar-refractivity contribution < 1.29 is 19.4 Å². The predicted octanol–water partition coefficient (Wildman–Crippen LogP) is -0.291. The molecule has 0 radical (unpaired) electrons. The van der Waals surface area contributed by atoms with Crippen molar-refractivity contribution in [2.75, 3.05) is 48.1 Å². The van der Waals surface area contributed by atoms with Crippen LogP contribution in [0.2, 0.25) is 0 Å². The monoisotopic (exact) mass is 591 g/mol. The molecular formula is C28H37N11O4. The van der Waals surface area contributed by atoms with Crippen molar-refractivity contribution in [3.63, 3.8) is 0 Å². The van der Waals surface area contributed by atoms with Crippen LogP contribution < -0.4 is 52.8 Å². The number of carbonyl (C=O) groups is 1. The van der Waals surface area contributed by atoms with Gasteiger partial charge in [-0.25, -0.2) is 0 Å². The Hall–Kier alpha value is -4.44. The van der Waals surface area contributed by atoms with Gasteiger partial charge in [0.2, 0.25) is 24.6 Å². The van der Waals surface area contributed by atoms with Gasteiger partial charge in [-0.1, -0.05) is 6.07 Å². The number of aromatic hydroxyl groups is 1. The summed E-state index contributed by atoms with van der Waals surface area (Å²) in [6, 6.07) is 9.63. The Morgan fingerprint density at radius 2 is 1.44 bits per heavy atom. The SMILES string of the molecule is N[C@@H]1C[C@H](N)CN(c2nc(Nc3ccc(C(=O)NCc4ccc5c(c4)OCO5)c(O)c3)nc(N3C[C@H](N)C[C@H](N)C3)n2)C1. The molecule has 0 unspecified atom stereocenters. The number of fused-ring (bicyclic) bond motifs is 1. The van der Waals surface area contributed by atoms with Crippen LogP contribution in [0.1, 0.15) is 28.8 Å². The molecule has 0 aliphatic carbocycles. The van der Waals surface area contributed by atoms with Crippen molar-refractivity contribution in [2.45, 2.75) is 43.6 Å². The molecule has 228 valence electrons. The fraction of sp³-hybridized carbons (Fsp3) is 0.429. The van der Waals surface area contributed by atoms with Gasteiger partial charge in [-0.3, -0.25) is 4.79 Å². The van der Waals surface area contributed by atoms with Gasteiger partial charge in [-0.05, 0) is 42.7 Å². The van der Waals surface area contributed by atoms with E-state index < -0.39 is 5.91 Å². The minimum absolute atomic E-state index is 0.113. The number of nitrogens with two attached hydrogens (primary N) is 4. The molecule has 0 bridgehead atoms. The highest BCUT2D eigenvalue weighted by Gasteiger charge is 2.29. The van der Waals surface area contributed by atoms with E-state index in [0.717, 1.165) is 5.56 Å². The number of phenols is 1. The maximum Gasteiger partial charge on any atom is 0.255 e. The predicted molar refractivity (Wildman–Crippen MR) is 161 cm³/mol. The number of hydrogen-bond donors (Lipinski definition) is 7. The molecule has 2 fully saturated rings. The first kappa shape index (κ1) is 28.7. The number of phenolic OH excluding ortho intramolecular Hbond substituents is 1. The van der Waals surface area contributed by atoms with Gasteiger partial charge < -0.3 is 57.9 Å². The van der Waals surface area contributed by atoms with Gasteiger partial charge in [0.05, 0.1) is 5.56 Å². The largest absolute Gasteiger partial charge is 0.507 e. The Kier molecular flexibility index (Phi) is 8.03. The summed E-state index contributed by atoms with van der Waals surface area (Å²) in [6.07, 6.45) is 1.43. The van der Waals surface area contributed by atoms with Crippen LogP contribution >= 0.6 is 0 Å². The van der Waals surface area contributed by atoms with Crippen molar-refractivity contribution in [1.29, 1.82) is 0 Å². The number of ether oxygens (including phenoxy) is 2. The van der Waals surface area contributed by atoms with Crippen LogP contribution in [0.15, 0.2) is 36.4 Å². The summed E-state index contributed by atoms with van der Waals surface area (Å²) in [5.74, 6) is 1.76. The summed E-state index contributed by atoms with van der Waals surface area (Å²) in [5, 5.41) is 16.7. The van der Waals surface area contributed by atoms with E-state index in [4.69, 9.17) is 37.4 Å². The van der Waals surface area contributed by atoms with Gasteiger partial charge in [0.25, 0.3) is 5.91 Å². The van der Waals surface area contributed by atoms with E-state index in [2.05, 4.69) is 20.6 Å². The minimum Gasteiger partial charge on any atom is -0.507 e. The highest BCUT2D eigenvalue weighted by Crippen LogP contribution is 2.32. The Balaban J connectivity index is 1.20. The molecule has 3 aliphatic heterocycles. The zero-order valence-electron chi connectivity index (χ0n) is 23.6. The molecule has 15 nitrogen and oxygen atoms in total. The summed E-state index contributed by atoms with van der Waals surface area (Å²) in [5.41, 5.74) is 26.4. The normalized spacial score (nSPS) is 23.3. The van der Waals surface area contributed by atoms with E-state index in [1.165, 1.54) is 12.1 Å². The second kappa shape index (κ2) is 12.0. The molecule has 11 N–H and O–H groups in total. The van der Waals surface area contributed by atoms with Crippen LogP contribution in [0.3, 0.4) is 0 Å². The third-order valence-electron chi connectivity index (χ3n) is 7.60. The van der Waals surface area contributed by atoms with E-state index in [-0.39, 0.29) is 54.8 Å². The van der Waals surface area contributed by atoms with Gasteiger partial charge in [0.15, 0.2) is 11.5 Å². The summed E-state index contributed by atoms with van der Waals surface area (Å²) < 4.78 is 10.7. The fourth-order valence-electron chi connectivity index (χ4n) is 5.64. The van der Waals surface area contributed by atoms with Crippen LogP contribution in [0, 0.1) is 0 Å². The third kappa shape index (κ3) is 6.64. The Morgan fingerprint density at radius 1 is 0.837 bits per heavy atom. The number of carbonyl (C=O) groups excluding carboxylic acids is 1. The van der Waals surface area contributed by atoms with Crippen molar-refractivity contribution >= 4 is 29.4 Å². The number of anilines is 4. The summed E-state index contributed by atoms with van der Waals surface area (Å²) in [4.78, 5) is 30.8. The van der Waals surface area contributed by atoms with Gasteiger partial charge in [-0.15, -0.1) is 0 Å². The summed E-state index contributed by atoms with van der Waals surface area (Å²) in [7, 11) is 0. The molecule has 1 aromatic heterocycles. The zero-order valence-corrected chi connectivity index (χ0v) is 23.6. The molecule has 4 atom stereocenters. The number of rotatable bonds is 7. The highest BCUT2D eigenvalue weighted by molar-refractivity contribution is 5.97. The van der Waals surface area contributed by atoms with Crippen LogP contribution in [-0.2, 0) is 6.54 Å². The molecule has 4 heterocycles. The lowest BCUT2D eigenvalue weighted by molar-refractivity contribution is 0.0948. The molecule has 1 amide bonds. The van der Waals surface area contributed by atoms with Crippen molar-refractivity contribution in [3.8, 4) is 17.2 Å². The van der Waals surface area contributed by atoms with E-state index in [0.29, 0.717) is 68.1 Å². The van der Waals surface area contributed by atoms with E-state index >= 15 is 0 Å². The Morgan fingerprint density at radius 3 is 2.05 bits per heavy atom. The highest BCUT2D eigenvalue weighted by atomic mass is 16.7. The molecule has 3 aliphatic rings. The first-order chi connectivity index (χ1) is 20.7. The number of aromatic nitrogens is 3. The standard InChI is InChI=1S/C28H37N11O4/c29-16-6-17(30)11-38(10-16)27-35-26(36-28(37-27)39-12-18(31)7-19(32)13-39)34-20-2-3-21(22(40)8-20)25(41)33-9-15-1-4-23-24(5-15)43-14-42-23/h1-5,8,16-19,40H,6-7,9-14,29-32H2,(H,33,41)(H,34,35,36,37)/t16-,17+,18-,19+. The maximum atomic E-state index is 12.9. The molecule has 2 saturated heterocycles. The van der Waals surface area contributed by atoms with E-state index in [1.807, 2.05) is 21.9 Å². The number of amides is 1. The average Bonchev–Trinajstić information content (AvgIpc) is 3.43. The van der Waals surface area contributed by atoms with Crippen LogP contribution in [0.5, 0.6) is 17.2 Å². The lowest BCUT2D eigenvalue weighted by Gasteiger charge is -2.37. The fourth-order valence-corrected chi connectivity index (χ4v) is 5.64.